The number of benzene rings is 1. The lowest BCUT2D eigenvalue weighted by molar-refractivity contribution is -0.271. The van der Waals surface area contributed by atoms with E-state index in [1.54, 1.807) is 6.07 Å². The summed E-state index contributed by atoms with van der Waals surface area (Å²) in [5, 5.41) is 10.5. The molecule has 0 radical (unpaired) electrons. The van der Waals surface area contributed by atoms with Crippen molar-refractivity contribution in [3.05, 3.63) is 23.3 Å². The molecule has 0 N–H and O–H groups in total. The van der Waals surface area contributed by atoms with Gasteiger partial charge in [-0.25, -0.2) is 0 Å². The van der Waals surface area contributed by atoms with Gasteiger partial charge in [0.25, 0.3) is 6.16 Å². The standard InChI is InChI=1S/C13H18O4/c1-8-6-9(13(2,3)4)7-10(11(8)16-5)17-12(14)15/h6-7H,1-5H3,(H,14,15)/p-1. The molecule has 1 aromatic carbocycles. The van der Waals surface area contributed by atoms with Crippen molar-refractivity contribution in [2.45, 2.75) is 33.1 Å². The molecule has 1 aromatic rings. The Morgan fingerprint density at radius 3 is 2.29 bits per heavy atom. The van der Waals surface area contributed by atoms with Crippen LogP contribution in [-0.4, -0.2) is 13.3 Å². The molecule has 0 aliphatic heterocycles. The minimum absolute atomic E-state index is 0.0962. The number of rotatable bonds is 2. The lowest BCUT2D eigenvalue weighted by Crippen LogP contribution is -2.27. The number of aryl methyl sites for hydroxylation is 1. The van der Waals surface area contributed by atoms with Crippen molar-refractivity contribution < 1.29 is 19.4 Å². The lowest BCUT2D eigenvalue weighted by Gasteiger charge is -2.23. The second-order valence-corrected chi connectivity index (χ2v) is 4.93. The van der Waals surface area contributed by atoms with Gasteiger partial charge >= 0.3 is 0 Å². The minimum Gasteiger partial charge on any atom is -0.510 e. The van der Waals surface area contributed by atoms with Gasteiger partial charge in [0, 0.05) is 0 Å². The molecule has 0 saturated carbocycles. The Labute approximate surface area is 101 Å². The molecule has 0 aromatic heterocycles. The molecule has 94 valence electrons. The monoisotopic (exact) mass is 237 g/mol. The molecule has 0 aliphatic rings. The summed E-state index contributed by atoms with van der Waals surface area (Å²) >= 11 is 0. The van der Waals surface area contributed by atoms with Gasteiger partial charge in [0.2, 0.25) is 0 Å². The fourth-order valence-corrected chi connectivity index (χ4v) is 1.60. The normalized spacial score (nSPS) is 11.1. The van der Waals surface area contributed by atoms with Crippen molar-refractivity contribution in [1.29, 1.82) is 0 Å². The predicted octanol–water partition coefficient (Wildman–Crippen LogP) is 2.02. The van der Waals surface area contributed by atoms with E-state index in [0.29, 0.717) is 5.75 Å². The van der Waals surface area contributed by atoms with E-state index < -0.39 is 6.16 Å². The highest BCUT2D eigenvalue weighted by atomic mass is 16.7. The predicted molar refractivity (Wildman–Crippen MR) is 62.5 cm³/mol. The molecule has 0 spiro atoms. The van der Waals surface area contributed by atoms with Crippen molar-refractivity contribution in [2.75, 3.05) is 7.11 Å². The van der Waals surface area contributed by atoms with Gasteiger partial charge in [-0.1, -0.05) is 26.8 Å². The van der Waals surface area contributed by atoms with Gasteiger partial charge < -0.3 is 19.4 Å². The number of hydrogen-bond acceptors (Lipinski definition) is 4. The van der Waals surface area contributed by atoms with Crippen molar-refractivity contribution >= 4 is 6.16 Å². The van der Waals surface area contributed by atoms with E-state index in [0.717, 1.165) is 11.1 Å². The maximum absolute atomic E-state index is 10.5. The third-order valence-corrected chi connectivity index (χ3v) is 2.50. The minimum atomic E-state index is -1.59. The molecule has 0 bridgehead atoms. The summed E-state index contributed by atoms with van der Waals surface area (Å²) in [7, 11) is 1.47. The van der Waals surface area contributed by atoms with Crippen LogP contribution in [-0.2, 0) is 5.41 Å². The Bertz CT molecular complexity index is 430. The van der Waals surface area contributed by atoms with E-state index in [4.69, 9.17) is 4.74 Å². The summed E-state index contributed by atoms with van der Waals surface area (Å²) in [6.07, 6.45) is -1.59. The van der Waals surface area contributed by atoms with E-state index in [9.17, 15) is 9.90 Å². The van der Waals surface area contributed by atoms with E-state index in [1.165, 1.54) is 7.11 Å². The molecule has 0 unspecified atom stereocenters. The summed E-state index contributed by atoms with van der Waals surface area (Å²) in [6.45, 7) is 7.96. The lowest BCUT2D eigenvalue weighted by atomic mass is 9.86. The van der Waals surface area contributed by atoms with E-state index in [-0.39, 0.29) is 11.2 Å². The summed E-state index contributed by atoms with van der Waals surface area (Å²) in [5.74, 6) is 0.597. The van der Waals surface area contributed by atoms with Crippen LogP contribution in [0.3, 0.4) is 0 Å². The van der Waals surface area contributed by atoms with Crippen molar-refractivity contribution in [3.63, 3.8) is 0 Å². The van der Waals surface area contributed by atoms with Crippen LogP contribution < -0.4 is 14.6 Å². The molecule has 4 nitrogen and oxygen atoms in total. The number of carbonyl (C=O) groups is 1. The Balaban J connectivity index is 3.33. The fourth-order valence-electron chi connectivity index (χ4n) is 1.60. The molecular weight excluding hydrogens is 220 g/mol. The van der Waals surface area contributed by atoms with E-state index >= 15 is 0 Å². The average Bonchev–Trinajstić information content (AvgIpc) is 2.14. The summed E-state index contributed by atoms with van der Waals surface area (Å²) < 4.78 is 9.76. The van der Waals surface area contributed by atoms with Crippen molar-refractivity contribution in [2.24, 2.45) is 0 Å². The number of carbonyl (C=O) groups excluding carboxylic acids is 1. The molecule has 1 rings (SSSR count). The van der Waals surface area contributed by atoms with Crippen molar-refractivity contribution in [3.8, 4) is 11.5 Å². The molecule has 0 aliphatic carbocycles. The van der Waals surface area contributed by atoms with Crippen molar-refractivity contribution in [1.82, 2.24) is 0 Å². The van der Waals surface area contributed by atoms with Crippen LogP contribution in [0.1, 0.15) is 31.9 Å². The van der Waals surface area contributed by atoms with Gasteiger partial charge in [-0.2, -0.15) is 0 Å². The maximum atomic E-state index is 10.5. The van der Waals surface area contributed by atoms with E-state index in [2.05, 4.69) is 4.74 Å². The summed E-state index contributed by atoms with van der Waals surface area (Å²) in [6, 6.07) is 3.63. The first-order valence-corrected chi connectivity index (χ1v) is 5.33. The second-order valence-electron chi connectivity index (χ2n) is 4.93. The van der Waals surface area contributed by atoms with Crippen LogP contribution in [0, 0.1) is 6.92 Å². The first-order chi connectivity index (χ1) is 7.75. The van der Waals surface area contributed by atoms with Crippen LogP contribution in [0.25, 0.3) is 0 Å². The van der Waals surface area contributed by atoms with Gasteiger partial charge in [-0.05, 0) is 29.5 Å². The number of ether oxygens (including phenoxy) is 2. The fraction of sp³-hybridized carbons (Fsp3) is 0.462. The summed E-state index contributed by atoms with van der Waals surface area (Å²) in [5.41, 5.74) is 1.71. The second kappa shape index (κ2) is 4.65. The van der Waals surface area contributed by atoms with Gasteiger partial charge in [-0.3, -0.25) is 0 Å². The first-order valence-electron chi connectivity index (χ1n) is 5.33. The quantitative estimate of drug-likeness (QED) is 0.583. The molecule has 0 amide bonds. The Hall–Kier alpha value is -1.71. The highest BCUT2D eigenvalue weighted by Crippen LogP contribution is 2.36. The zero-order chi connectivity index (χ0) is 13.2. The Morgan fingerprint density at radius 2 is 1.88 bits per heavy atom. The van der Waals surface area contributed by atoms with Crippen LogP contribution >= 0.6 is 0 Å². The third-order valence-electron chi connectivity index (χ3n) is 2.50. The molecular formula is C13H17O4-. The first kappa shape index (κ1) is 13.4. The zero-order valence-corrected chi connectivity index (χ0v) is 10.8. The van der Waals surface area contributed by atoms with Crippen LogP contribution in [0.2, 0.25) is 0 Å². The highest BCUT2D eigenvalue weighted by molar-refractivity contribution is 5.62. The zero-order valence-electron chi connectivity index (χ0n) is 10.8. The molecule has 0 atom stereocenters. The average molecular weight is 237 g/mol. The molecule has 0 heterocycles. The van der Waals surface area contributed by atoms with Crippen LogP contribution in [0.5, 0.6) is 11.5 Å². The topological polar surface area (TPSA) is 58.6 Å². The SMILES string of the molecule is COc1c(C)cc(C(C)(C)C)cc1OC(=O)[O-]. The summed E-state index contributed by atoms with van der Waals surface area (Å²) in [4.78, 5) is 10.5. The van der Waals surface area contributed by atoms with Gasteiger partial charge in [-0.15, -0.1) is 0 Å². The molecule has 4 heteroatoms. The largest absolute Gasteiger partial charge is 0.510 e. The third kappa shape index (κ3) is 3.12. The Kier molecular flexibility index (Phi) is 3.66. The van der Waals surface area contributed by atoms with Gasteiger partial charge in [0.05, 0.1) is 12.9 Å². The van der Waals surface area contributed by atoms with Gasteiger partial charge in [0.1, 0.15) is 5.75 Å². The maximum Gasteiger partial charge on any atom is 0.257 e. The van der Waals surface area contributed by atoms with E-state index in [1.807, 2.05) is 33.8 Å². The smallest absolute Gasteiger partial charge is 0.257 e. The van der Waals surface area contributed by atoms with Crippen LogP contribution in [0.15, 0.2) is 12.1 Å². The Morgan fingerprint density at radius 1 is 1.29 bits per heavy atom. The molecule has 0 fully saturated rings. The molecule has 17 heavy (non-hydrogen) atoms. The van der Waals surface area contributed by atoms with Crippen LogP contribution in [0.4, 0.5) is 4.79 Å². The highest BCUT2D eigenvalue weighted by Gasteiger charge is 2.17. The molecule has 0 saturated heterocycles. The number of hydrogen-bond donors (Lipinski definition) is 0. The van der Waals surface area contributed by atoms with Gasteiger partial charge in [0.15, 0.2) is 0 Å². The number of methoxy groups -OCH3 is 1. The number of carboxylic acid groups (broad SMARTS) is 1.